The summed E-state index contributed by atoms with van der Waals surface area (Å²) < 4.78 is 47.6. The molecule has 17 nitrogen and oxygen atoms in total. The van der Waals surface area contributed by atoms with Gasteiger partial charge in [0, 0.05) is 10.0 Å². The molecule has 0 spiro atoms. The molecule has 8 aromatic carbocycles. The van der Waals surface area contributed by atoms with E-state index in [4.69, 9.17) is 46.9 Å². The molecule has 12 aromatic rings. The molecule has 0 amide bonds. The molecule has 4 aliphatic carbocycles. The zero-order valence-electron chi connectivity index (χ0n) is 83.0. The second-order valence-electron chi connectivity index (χ2n) is 42.3. The predicted molar refractivity (Wildman–Crippen MR) is 533 cm³/mol. The van der Waals surface area contributed by atoms with Crippen molar-refractivity contribution < 1.29 is 61.1 Å². The lowest BCUT2D eigenvalue weighted by atomic mass is 9.75. The van der Waals surface area contributed by atoms with E-state index in [9.17, 15) is 19.2 Å². The first-order valence-electron chi connectivity index (χ1n) is 48.8. The van der Waals surface area contributed by atoms with Crippen molar-refractivity contribution >= 4 is 91.2 Å². The number of halogens is 2. The number of imidazole rings is 4. The van der Waals surface area contributed by atoms with E-state index < -0.39 is 0 Å². The van der Waals surface area contributed by atoms with Crippen LogP contribution in [0, 0.1) is 77.9 Å². The van der Waals surface area contributed by atoms with Crippen LogP contribution in [0.1, 0.15) is 213 Å². The Morgan fingerprint density at radius 2 is 0.636 bits per heavy atom. The summed E-state index contributed by atoms with van der Waals surface area (Å²) in [4.78, 5) is 53.1. The molecule has 132 heavy (non-hydrogen) atoms. The van der Waals surface area contributed by atoms with Crippen molar-refractivity contribution in [1.29, 1.82) is 0 Å². The van der Waals surface area contributed by atoms with Gasteiger partial charge in [-0.1, -0.05) is 219 Å². The van der Waals surface area contributed by atoms with Gasteiger partial charge in [0.15, 0.2) is 70.3 Å². The lowest BCUT2D eigenvalue weighted by Crippen LogP contribution is -2.37. The lowest BCUT2D eigenvalue weighted by molar-refractivity contribution is -0.634. The summed E-state index contributed by atoms with van der Waals surface area (Å²) in [5.41, 5.74) is 14.7. The highest BCUT2D eigenvalue weighted by atomic mass is 35.5. The van der Waals surface area contributed by atoms with E-state index in [1.165, 1.54) is 31.2 Å². The molecule has 0 radical (unpaired) electrons. The average Bonchev–Trinajstić information content (AvgIpc) is 1.62. The van der Waals surface area contributed by atoms with Crippen molar-refractivity contribution in [2.75, 3.05) is 0 Å². The van der Waals surface area contributed by atoms with Gasteiger partial charge in [-0.2, -0.15) is 0 Å². The van der Waals surface area contributed by atoms with Crippen LogP contribution in [-0.2, 0) is 97.9 Å². The van der Waals surface area contributed by atoms with Crippen LogP contribution in [0.2, 0.25) is 10.0 Å². The monoisotopic (exact) mass is 1830 g/mol. The van der Waals surface area contributed by atoms with Crippen molar-refractivity contribution in [2.45, 2.75) is 270 Å². The van der Waals surface area contributed by atoms with E-state index >= 15 is 0 Å². The van der Waals surface area contributed by atoms with Crippen molar-refractivity contribution in [3.63, 3.8) is 0 Å². The van der Waals surface area contributed by atoms with Crippen molar-refractivity contribution in [3.05, 3.63) is 209 Å². The molecule has 4 unspecified atom stereocenters. The average molecular weight is 1830 g/mol. The first-order valence-corrected chi connectivity index (χ1v) is 49.6. The van der Waals surface area contributed by atoms with Crippen LogP contribution in [0.5, 0.6) is 5.75 Å². The van der Waals surface area contributed by atoms with Crippen LogP contribution in [-0.4, -0.2) is 72.2 Å². The van der Waals surface area contributed by atoms with E-state index in [2.05, 4.69) is 245 Å². The summed E-state index contributed by atoms with van der Waals surface area (Å²) in [6.07, 6.45) is 13.3. The van der Waals surface area contributed by atoms with Gasteiger partial charge in [0.25, 0.3) is 23.3 Å². The van der Waals surface area contributed by atoms with Crippen molar-refractivity contribution in [3.8, 4) is 51.3 Å². The number of esters is 4. The molecule has 4 fully saturated rings. The molecule has 0 aliphatic heterocycles. The predicted octanol–water partition coefficient (Wildman–Crippen LogP) is 24.6. The third-order valence-electron chi connectivity index (χ3n) is 28.6. The van der Waals surface area contributed by atoms with Gasteiger partial charge >= 0.3 is 23.9 Å². The molecule has 704 valence electrons. The molecule has 19 heteroatoms. The molecule has 0 bridgehead atoms. The van der Waals surface area contributed by atoms with Gasteiger partial charge in [-0.15, -0.1) is 0 Å². The number of carbonyl (C=O) groups is 4. The summed E-state index contributed by atoms with van der Waals surface area (Å²) in [5.74, 6) is 10.3. The van der Waals surface area contributed by atoms with E-state index in [0.29, 0.717) is 76.0 Å². The summed E-state index contributed by atoms with van der Waals surface area (Å²) in [6.45, 7) is 42.6. The Morgan fingerprint density at radius 3 is 0.917 bits per heavy atom. The number of benzene rings is 8. The van der Waals surface area contributed by atoms with E-state index in [0.717, 1.165) is 157 Å². The van der Waals surface area contributed by atoms with Gasteiger partial charge in [-0.05, 0) is 288 Å². The van der Waals surface area contributed by atoms with Gasteiger partial charge in [0.1, 0.15) is 35.8 Å². The zero-order valence-corrected chi connectivity index (χ0v) is 84.5. The number of nitrogens with zero attached hydrogens (tertiary/aromatic N) is 8. The highest BCUT2D eigenvalue weighted by Gasteiger charge is 2.41. The van der Waals surface area contributed by atoms with Crippen molar-refractivity contribution in [2.24, 2.45) is 99.2 Å². The highest BCUT2D eigenvalue weighted by Crippen LogP contribution is 2.42. The minimum atomic E-state index is -0.255. The number of hydrogen-bond donors (Lipinski definition) is 0. The molecule has 4 aliphatic rings. The van der Waals surface area contributed by atoms with Crippen LogP contribution in [0.4, 0.5) is 0 Å². The van der Waals surface area contributed by atoms with Crippen LogP contribution in [0.3, 0.4) is 0 Å². The fourth-order valence-corrected chi connectivity index (χ4v) is 21.8. The SMILES string of the molecule is CC(C)[C@@H]1CC[C@@H](C)CC1OC(=O)Cn1c(-c2ccc(C(C)(C)C)cc2)[n+](C)c2ccccc21.CC(C)[C@@H]1CC[C@@H](C)CC1OC(=O)Cn1c(-c2ccc(OC(C)(C)C)cc2)[n+](C)c2ccccc21.CC(C)[C@@H]1CC[C@@H](C)CC1OC(=O)Cn1c(-c2cccc(Cl)c2)[n+](C)c2ccccc21.Cc1cc(-c2n(CC(=O)OC3C[C@H](C)CC[C@H]3C(C)C)c3ccccc3[n+]2C)ccc1Cl. The molecular weight excluding hydrogens is 1680 g/mol. The lowest BCUT2D eigenvalue weighted by Gasteiger charge is -2.36. The third-order valence-corrected chi connectivity index (χ3v) is 29.3. The maximum atomic E-state index is 13.3. The maximum absolute atomic E-state index is 13.3. The highest BCUT2D eigenvalue weighted by molar-refractivity contribution is 6.31. The minimum Gasteiger partial charge on any atom is -0.488 e. The third kappa shape index (κ3) is 23.6. The van der Waals surface area contributed by atoms with Crippen LogP contribution in [0.25, 0.3) is 89.7 Å². The summed E-state index contributed by atoms with van der Waals surface area (Å²) in [6, 6.07) is 63.5. The topological polar surface area (TPSA) is 150 Å². The maximum Gasteiger partial charge on any atom is 0.348 e. The van der Waals surface area contributed by atoms with Crippen LogP contribution in [0.15, 0.2) is 188 Å². The Bertz CT molecular complexity index is 6000. The molecule has 0 saturated heterocycles. The Morgan fingerprint density at radius 1 is 0.356 bits per heavy atom. The number of fused-ring (bicyclic) bond motifs is 4. The molecule has 12 atom stereocenters. The number of para-hydroxylation sites is 8. The quantitative estimate of drug-likeness (QED) is 0.0389. The standard InChI is InChI=1S/C30H41N2O3.C30H41N2O2.C27H34ClN2O2.C26H32ClN2O2/c1-20(2)24-17-12-21(3)18-27(24)34-28(33)19-32-26-11-9-8-10-25(26)31(7)29(32)22-13-15-23(16-14-22)35-30(4,5)6;1-20(2)24-17-12-21(3)18-27(24)34-28(33)19-32-26-11-9-8-10-25(26)31(7)29(32)22-13-15-23(16-14-22)30(4,5)6;1-17(2)21-12-10-18(3)14-25(21)32-26(31)16-30-24-9-7-6-8-23(24)29(5)27(30)20-11-13-22(28)19(4)15-20;1-17(2)21-13-12-18(3)14-24(21)31-25(30)16-29-23-11-6-5-10-22(23)28(4)26(29)19-8-7-9-20(27)15-19/h8-11,13-16,20-21,24,27H,12,17-19H2,1-7H3;8-11,13-16,20-21,24,27H,12,17-19H2,1-7H3;6-9,11,13,15,17-18,21,25H,10,12,14,16H2,1-5H3;5-11,15,17-18,21,24H,12-14,16H2,1-4H3/q4*+1/t2*21-,24+,27?;18-,21+,25?;18-,21+,24?/m1111/s1. The summed E-state index contributed by atoms with van der Waals surface area (Å²) >= 11 is 12.6. The fourth-order valence-electron chi connectivity index (χ4n) is 21.5. The number of rotatable bonds is 21. The van der Waals surface area contributed by atoms with Gasteiger partial charge in [-0.25, -0.2) is 55.7 Å². The number of aryl methyl sites for hydroxylation is 5. The Balaban J connectivity index is 0.000000150. The number of carbonyl (C=O) groups excluding carboxylic acids is 4. The second-order valence-corrected chi connectivity index (χ2v) is 43.1. The zero-order chi connectivity index (χ0) is 95.1. The minimum absolute atomic E-state index is 0.000827. The van der Waals surface area contributed by atoms with Gasteiger partial charge in [-0.3, -0.25) is 0 Å². The Hall–Kier alpha value is -10.1. The van der Waals surface area contributed by atoms with Gasteiger partial charge in [0.2, 0.25) is 0 Å². The summed E-state index contributed by atoms with van der Waals surface area (Å²) in [5, 5.41) is 1.41. The normalized spacial score (nSPS) is 21.2. The number of aromatic nitrogens is 8. The largest absolute Gasteiger partial charge is 0.488 e. The first kappa shape index (κ1) is 99.4. The number of ether oxygens (including phenoxy) is 5. The molecule has 4 aromatic heterocycles. The second kappa shape index (κ2) is 43.1. The van der Waals surface area contributed by atoms with Gasteiger partial charge < -0.3 is 23.7 Å². The summed E-state index contributed by atoms with van der Waals surface area (Å²) in [7, 11) is 8.20. The molecule has 4 heterocycles. The van der Waals surface area contributed by atoms with E-state index in [-0.39, 0.29) is 85.5 Å². The Kier molecular flexibility index (Phi) is 32.4. The molecular formula is C113H148Cl2N8O9+4. The number of hydrogen-bond acceptors (Lipinski definition) is 9. The fraction of sp³-hybridized carbons (Fsp3) is 0.504. The van der Waals surface area contributed by atoms with Crippen LogP contribution < -0.4 is 23.0 Å². The van der Waals surface area contributed by atoms with E-state index in [1.54, 1.807) is 0 Å². The molecule has 16 rings (SSSR count). The van der Waals surface area contributed by atoms with Gasteiger partial charge in [0.05, 0.1) is 50.4 Å². The smallest absolute Gasteiger partial charge is 0.348 e. The first-order chi connectivity index (χ1) is 62.7. The molecule has 0 N–H and O–H groups in total. The van der Waals surface area contributed by atoms with Crippen LogP contribution >= 0.6 is 23.2 Å². The van der Waals surface area contributed by atoms with E-state index in [1.807, 2.05) is 139 Å². The van der Waals surface area contributed by atoms with Crippen molar-refractivity contribution in [1.82, 2.24) is 18.3 Å². The molecule has 4 saturated carbocycles. The Labute approximate surface area is 795 Å².